The molecule has 0 unspecified atom stereocenters. The topological polar surface area (TPSA) is 57.9 Å². The Morgan fingerprint density at radius 1 is 1.32 bits per heavy atom. The normalized spacial score (nSPS) is 9.74. The number of methoxy groups -OCH3 is 1. The van der Waals surface area contributed by atoms with Crippen molar-refractivity contribution in [2.24, 2.45) is 0 Å². The number of hydrogen-bond acceptors (Lipinski definition) is 4. The zero-order chi connectivity index (χ0) is 13.7. The molecule has 0 atom stereocenters. The largest absolute Gasteiger partial charge is 0.481 e. The third-order valence-corrected chi connectivity index (χ3v) is 2.58. The molecule has 1 heterocycles. The molecular weight excluding hydrogens is 245 g/mol. The molecule has 96 valence electrons. The maximum Gasteiger partial charge on any atom is 0.213 e. The molecule has 1 aromatic carbocycles. The van der Waals surface area contributed by atoms with Crippen molar-refractivity contribution in [1.82, 2.24) is 4.98 Å². The van der Waals surface area contributed by atoms with E-state index < -0.39 is 5.82 Å². The van der Waals surface area contributed by atoms with Gasteiger partial charge in [-0.1, -0.05) is 12.1 Å². The van der Waals surface area contributed by atoms with Crippen LogP contribution in [0.5, 0.6) is 5.88 Å². The standard InChI is InChI=1S/C14H12FN3O/c1-19-14-7-2-4-10(18-14)9-17-13-6-3-5-12(15)11(13)8-16/h2-7,17H,9H2,1H3. The zero-order valence-electron chi connectivity index (χ0n) is 10.4. The highest BCUT2D eigenvalue weighted by Crippen LogP contribution is 2.18. The van der Waals surface area contributed by atoms with Crippen LogP contribution in [0.15, 0.2) is 36.4 Å². The lowest BCUT2D eigenvalue weighted by atomic mass is 10.2. The van der Waals surface area contributed by atoms with Gasteiger partial charge in [0, 0.05) is 6.07 Å². The van der Waals surface area contributed by atoms with E-state index in [9.17, 15) is 4.39 Å². The van der Waals surface area contributed by atoms with Crippen molar-refractivity contribution in [1.29, 1.82) is 5.26 Å². The summed E-state index contributed by atoms with van der Waals surface area (Å²) in [5.41, 5.74) is 1.20. The summed E-state index contributed by atoms with van der Waals surface area (Å²) < 4.78 is 18.4. The second-order valence-electron chi connectivity index (χ2n) is 3.80. The van der Waals surface area contributed by atoms with Crippen LogP contribution in [0.3, 0.4) is 0 Å². The van der Waals surface area contributed by atoms with Gasteiger partial charge in [0.1, 0.15) is 17.4 Å². The van der Waals surface area contributed by atoms with Gasteiger partial charge < -0.3 is 10.1 Å². The van der Waals surface area contributed by atoms with E-state index in [0.29, 0.717) is 18.1 Å². The van der Waals surface area contributed by atoms with Gasteiger partial charge >= 0.3 is 0 Å². The second kappa shape index (κ2) is 5.83. The lowest BCUT2D eigenvalue weighted by Gasteiger charge is -2.08. The van der Waals surface area contributed by atoms with Gasteiger partial charge in [-0.15, -0.1) is 0 Å². The molecule has 0 aliphatic heterocycles. The number of hydrogen-bond donors (Lipinski definition) is 1. The molecule has 0 saturated carbocycles. The summed E-state index contributed by atoms with van der Waals surface area (Å²) in [4.78, 5) is 4.22. The van der Waals surface area contributed by atoms with Gasteiger partial charge in [-0.05, 0) is 18.2 Å². The fourth-order valence-electron chi connectivity index (χ4n) is 1.64. The first-order chi connectivity index (χ1) is 9.24. The Bertz CT molecular complexity index is 622. The van der Waals surface area contributed by atoms with Crippen molar-refractivity contribution >= 4 is 5.69 Å². The molecule has 5 heteroatoms. The maximum absolute atomic E-state index is 13.4. The lowest BCUT2D eigenvalue weighted by molar-refractivity contribution is 0.396. The Balaban J connectivity index is 2.15. The predicted octanol–water partition coefficient (Wildman–Crippen LogP) is 2.71. The summed E-state index contributed by atoms with van der Waals surface area (Å²) in [5, 5.41) is 11.9. The zero-order valence-corrected chi connectivity index (χ0v) is 10.4. The second-order valence-corrected chi connectivity index (χ2v) is 3.80. The van der Waals surface area contributed by atoms with Crippen molar-refractivity contribution < 1.29 is 9.13 Å². The Hall–Kier alpha value is -2.61. The van der Waals surface area contributed by atoms with Crippen molar-refractivity contribution in [2.75, 3.05) is 12.4 Å². The number of halogens is 1. The molecule has 1 aromatic heterocycles. The maximum atomic E-state index is 13.4. The van der Waals surface area contributed by atoms with Crippen LogP contribution in [-0.4, -0.2) is 12.1 Å². The molecule has 0 radical (unpaired) electrons. The number of nitrogens with one attached hydrogen (secondary N) is 1. The van der Waals surface area contributed by atoms with Crippen LogP contribution in [0, 0.1) is 17.1 Å². The molecular formula is C14H12FN3O. The van der Waals surface area contributed by atoms with Crippen LogP contribution in [-0.2, 0) is 6.54 Å². The van der Waals surface area contributed by atoms with Gasteiger partial charge in [-0.25, -0.2) is 9.37 Å². The molecule has 2 aromatic rings. The number of anilines is 1. The summed E-state index contributed by atoms with van der Waals surface area (Å²) >= 11 is 0. The molecule has 0 amide bonds. The summed E-state index contributed by atoms with van der Waals surface area (Å²) in [6, 6.07) is 11.7. The summed E-state index contributed by atoms with van der Waals surface area (Å²) in [7, 11) is 1.54. The van der Waals surface area contributed by atoms with E-state index in [4.69, 9.17) is 10.00 Å². The average Bonchev–Trinajstić information content (AvgIpc) is 2.45. The quantitative estimate of drug-likeness (QED) is 0.914. The van der Waals surface area contributed by atoms with E-state index in [1.807, 2.05) is 18.2 Å². The van der Waals surface area contributed by atoms with Gasteiger partial charge in [-0.3, -0.25) is 0 Å². The lowest BCUT2D eigenvalue weighted by Crippen LogP contribution is -2.04. The molecule has 19 heavy (non-hydrogen) atoms. The number of pyridine rings is 1. The van der Waals surface area contributed by atoms with Crippen molar-refractivity contribution in [3.05, 3.63) is 53.5 Å². The summed E-state index contributed by atoms with van der Waals surface area (Å²) in [6.07, 6.45) is 0. The van der Waals surface area contributed by atoms with E-state index in [0.717, 1.165) is 5.69 Å². The number of nitriles is 1. The molecule has 0 saturated heterocycles. The van der Waals surface area contributed by atoms with Crippen LogP contribution in [0.25, 0.3) is 0 Å². The minimum absolute atomic E-state index is 0.00500. The third kappa shape index (κ3) is 2.99. The van der Waals surface area contributed by atoms with E-state index in [-0.39, 0.29) is 5.56 Å². The van der Waals surface area contributed by atoms with Crippen LogP contribution in [0.1, 0.15) is 11.3 Å². The highest BCUT2D eigenvalue weighted by atomic mass is 19.1. The fourth-order valence-corrected chi connectivity index (χ4v) is 1.64. The molecule has 0 aliphatic rings. The first-order valence-electron chi connectivity index (χ1n) is 5.67. The van der Waals surface area contributed by atoms with Crippen molar-refractivity contribution in [2.45, 2.75) is 6.54 Å². The van der Waals surface area contributed by atoms with Crippen LogP contribution < -0.4 is 10.1 Å². The molecule has 2 rings (SSSR count). The Labute approximate surface area is 110 Å². The van der Waals surface area contributed by atoms with Gasteiger partial charge in [0.2, 0.25) is 5.88 Å². The van der Waals surface area contributed by atoms with Gasteiger partial charge in [0.15, 0.2) is 0 Å². The minimum atomic E-state index is -0.536. The predicted molar refractivity (Wildman–Crippen MR) is 69.2 cm³/mol. The number of nitrogens with zero attached hydrogens (tertiary/aromatic N) is 2. The first kappa shape index (κ1) is 12.8. The number of aromatic nitrogens is 1. The van der Waals surface area contributed by atoms with E-state index in [2.05, 4.69) is 10.3 Å². The Morgan fingerprint density at radius 2 is 2.11 bits per heavy atom. The van der Waals surface area contributed by atoms with E-state index >= 15 is 0 Å². The fraction of sp³-hybridized carbons (Fsp3) is 0.143. The third-order valence-electron chi connectivity index (χ3n) is 2.58. The Morgan fingerprint density at radius 3 is 2.84 bits per heavy atom. The highest BCUT2D eigenvalue weighted by molar-refractivity contribution is 5.57. The van der Waals surface area contributed by atoms with E-state index in [1.165, 1.54) is 6.07 Å². The number of rotatable bonds is 4. The number of ether oxygens (including phenoxy) is 1. The highest BCUT2D eigenvalue weighted by Gasteiger charge is 2.07. The Kier molecular flexibility index (Phi) is 3.94. The van der Waals surface area contributed by atoms with Crippen molar-refractivity contribution in [3.8, 4) is 11.9 Å². The molecule has 0 bridgehead atoms. The van der Waals surface area contributed by atoms with Crippen LogP contribution >= 0.6 is 0 Å². The molecule has 0 fully saturated rings. The van der Waals surface area contributed by atoms with Gasteiger partial charge in [0.25, 0.3) is 0 Å². The van der Waals surface area contributed by atoms with Crippen LogP contribution in [0.4, 0.5) is 10.1 Å². The average molecular weight is 257 g/mol. The van der Waals surface area contributed by atoms with Crippen LogP contribution in [0.2, 0.25) is 0 Å². The summed E-state index contributed by atoms with van der Waals surface area (Å²) in [6.45, 7) is 0.384. The molecule has 4 nitrogen and oxygen atoms in total. The SMILES string of the molecule is COc1cccc(CNc2cccc(F)c2C#N)n1. The van der Waals surface area contributed by atoms with Gasteiger partial charge in [0.05, 0.1) is 25.0 Å². The smallest absolute Gasteiger partial charge is 0.213 e. The molecule has 0 aliphatic carbocycles. The van der Waals surface area contributed by atoms with Crippen molar-refractivity contribution in [3.63, 3.8) is 0 Å². The monoisotopic (exact) mass is 257 g/mol. The first-order valence-corrected chi connectivity index (χ1v) is 5.67. The molecule has 1 N–H and O–H groups in total. The summed E-state index contributed by atoms with van der Waals surface area (Å²) in [5.74, 6) is -0.0230. The van der Waals surface area contributed by atoms with E-state index in [1.54, 1.807) is 25.3 Å². The minimum Gasteiger partial charge on any atom is -0.481 e. The molecule has 0 spiro atoms. The number of benzene rings is 1. The van der Waals surface area contributed by atoms with Gasteiger partial charge in [-0.2, -0.15) is 5.26 Å².